The zero-order valence-corrected chi connectivity index (χ0v) is 28.2. The van der Waals surface area contributed by atoms with E-state index in [2.05, 4.69) is 28.0 Å². The smallest absolute Gasteiger partial charge is 0.260 e. The molecular formula is C39H32IN3O5. The molecule has 6 atom stereocenters. The van der Waals surface area contributed by atoms with E-state index >= 15 is 4.79 Å². The number of amides is 4. The van der Waals surface area contributed by atoms with Gasteiger partial charge in [-0.05, 0) is 108 Å². The molecule has 1 saturated carbocycles. The Morgan fingerprint density at radius 2 is 1.54 bits per heavy atom. The summed E-state index contributed by atoms with van der Waals surface area (Å²) in [4.78, 5) is 59.4. The van der Waals surface area contributed by atoms with Crippen LogP contribution < -0.4 is 10.3 Å². The van der Waals surface area contributed by atoms with Crippen molar-refractivity contribution in [2.75, 3.05) is 10.3 Å². The zero-order chi connectivity index (χ0) is 33.3. The van der Waals surface area contributed by atoms with E-state index in [1.54, 1.807) is 30.3 Å². The number of nitrogens with zero attached hydrogens (tertiary/aromatic N) is 2. The molecule has 9 heteroatoms. The number of carbonyl (C=O) groups is 4. The highest BCUT2D eigenvalue weighted by Gasteiger charge is 2.70. The van der Waals surface area contributed by atoms with Crippen molar-refractivity contribution < 1.29 is 24.3 Å². The number of anilines is 2. The number of aromatic hydroxyl groups is 1. The Balaban J connectivity index is 1.31. The predicted octanol–water partition coefficient (Wildman–Crippen LogP) is 6.49. The fourth-order valence-corrected chi connectivity index (χ4v) is 9.03. The summed E-state index contributed by atoms with van der Waals surface area (Å²) in [5, 5.41) is 11.9. The monoisotopic (exact) mass is 749 g/mol. The van der Waals surface area contributed by atoms with Gasteiger partial charge < -0.3 is 5.11 Å². The fraction of sp³-hybridized carbons (Fsp3) is 0.231. The molecule has 2 N–H and O–H groups in total. The maximum absolute atomic E-state index is 15.1. The van der Waals surface area contributed by atoms with Gasteiger partial charge in [0, 0.05) is 9.49 Å². The second-order valence-corrected chi connectivity index (χ2v) is 14.4. The molecule has 2 aliphatic carbocycles. The number of phenols is 1. The number of halogens is 1. The van der Waals surface area contributed by atoms with Gasteiger partial charge in [-0.1, -0.05) is 71.8 Å². The van der Waals surface area contributed by atoms with Crippen molar-refractivity contribution in [2.24, 2.45) is 23.7 Å². The zero-order valence-electron chi connectivity index (χ0n) is 26.0. The van der Waals surface area contributed by atoms with Gasteiger partial charge >= 0.3 is 0 Å². The Bertz CT molecular complexity index is 2010. The standard InChI is InChI=1S/C39H32IN3O5/c1-22-10-14-26(15-11-22)41-43-36(46)32-21-31-29(18-19-30-33(31)37(47)42(35(30)45)27-16-12-25(40)13-17-27)34(23-6-5-9-28(44)20-23)39(32,38(43)48)24-7-3-2-4-8-24/h2-18,20,30-34,41,44H,19,21H2,1H3. The summed E-state index contributed by atoms with van der Waals surface area (Å²) in [7, 11) is 0. The van der Waals surface area contributed by atoms with E-state index in [0.29, 0.717) is 28.9 Å². The summed E-state index contributed by atoms with van der Waals surface area (Å²) < 4.78 is 0.989. The molecule has 4 amide bonds. The van der Waals surface area contributed by atoms with Gasteiger partial charge in [-0.25, -0.2) is 0 Å². The lowest BCUT2D eigenvalue weighted by molar-refractivity contribution is -0.138. The average molecular weight is 750 g/mol. The predicted molar refractivity (Wildman–Crippen MR) is 189 cm³/mol. The minimum Gasteiger partial charge on any atom is -0.508 e. The maximum atomic E-state index is 15.1. The molecule has 48 heavy (non-hydrogen) atoms. The Hall–Kier alpha value is -4.77. The van der Waals surface area contributed by atoms with E-state index in [4.69, 9.17) is 0 Å². The fourth-order valence-electron chi connectivity index (χ4n) is 8.67. The van der Waals surface area contributed by atoms with Crippen LogP contribution in [-0.4, -0.2) is 33.7 Å². The SMILES string of the molecule is Cc1ccc(NN2C(=O)C3CC4C(=CCC5C(=O)N(c6ccc(I)cc6)C(=O)C54)C(c4cccc(O)c4)C3(c3ccccc3)C2=O)cc1. The van der Waals surface area contributed by atoms with Gasteiger partial charge in [0.25, 0.3) is 11.8 Å². The minimum absolute atomic E-state index is 0.0343. The van der Waals surface area contributed by atoms with E-state index < -0.39 is 40.9 Å². The maximum Gasteiger partial charge on any atom is 0.260 e. The highest BCUT2D eigenvalue weighted by molar-refractivity contribution is 14.1. The molecule has 0 aromatic heterocycles. The van der Waals surface area contributed by atoms with Crippen molar-refractivity contribution in [1.29, 1.82) is 0 Å². The summed E-state index contributed by atoms with van der Waals surface area (Å²) in [6.45, 7) is 1.96. The topological polar surface area (TPSA) is 107 Å². The van der Waals surface area contributed by atoms with Crippen LogP contribution in [0.15, 0.2) is 115 Å². The van der Waals surface area contributed by atoms with Crippen LogP contribution in [0.3, 0.4) is 0 Å². The average Bonchev–Trinajstić information content (AvgIpc) is 3.47. The summed E-state index contributed by atoms with van der Waals surface area (Å²) in [6.07, 6.45) is 2.57. The van der Waals surface area contributed by atoms with E-state index in [-0.39, 0.29) is 29.9 Å². The van der Waals surface area contributed by atoms with Crippen LogP contribution >= 0.6 is 22.6 Å². The highest BCUT2D eigenvalue weighted by atomic mass is 127. The molecule has 240 valence electrons. The molecule has 4 aromatic rings. The van der Waals surface area contributed by atoms with Gasteiger partial charge in [-0.2, -0.15) is 5.01 Å². The van der Waals surface area contributed by atoms with Crippen molar-refractivity contribution in [3.05, 3.63) is 135 Å². The van der Waals surface area contributed by atoms with Crippen LogP contribution in [-0.2, 0) is 24.6 Å². The number of carbonyl (C=O) groups excluding carboxylic acids is 4. The molecule has 4 aromatic carbocycles. The molecule has 0 radical (unpaired) electrons. The molecule has 4 aliphatic rings. The molecule has 8 rings (SSSR count). The molecule has 0 spiro atoms. The van der Waals surface area contributed by atoms with Gasteiger partial charge in [0.15, 0.2) is 0 Å². The van der Waals surface area contributed by atoms with Crippen LogP contribution in [0.4, 0.5) is 11.4 Å². The van der Waals surface area contributed by atoms with Gasteiger partial charge in [0.1, 0.15) is 5.75 Å². The third kappa shape index (κ3) is 4.47. The summed E-state index contributed by atoms with van der Waals surface area (Å²) in [5.74, 6) is -4.55. The number of hydrazine groups is 1. The molecule has 0 bridgehead atoms. The summed E-state index contributed by atoms with van der Waals surface area (Å²) in [6, 6.07) is 31.0. The number of nitrogens with one attached hydrogen (secondary N) is 1. The van der Waals surface area contributed by atoms with Crippen molar-refractivity contribution in [3.63, 3.8) is 0 Å². The number of benzene rings is 4. The van der Waals surface area contributed by atoms with Crippen LogP contribution in [0.25, 0.3) is 0 Å². The van der Waals surface area contributed by atoms with E-state index in [1.807, 2.05) is 85.8 Å². The molecule has 2 heterocycles. The number of aryl methyl sites for hydroxylation is 1. The third-order valence-corrected chi connectivity index (χ3v) is 11.4. The number of imide groups is 2. The number of phenolic OH excluding ortho intramolecular Hbond substituents is 1. The van der Waals surface area contributed by atoms with Crippen molar-refractivity contribution in [1.82, 2.24) is 5.01 Å². The molecule has 2 aliphatic heterocycles. The Morgan fingerprint density at radius 1 is 0.812 bits per heavy atom. The number of rotatable bonds is 5. The lowest BCUT2D eigenvalue weighted by Crippen LogP contribution is -2.53. The van der Waals surface area contributed by atoms with Crippen LogP contribution in [0.2, 0.25) is 0 Å². The van der Waals surface area contributed by atoms with Crippen molar-refractivity contribution >= 4 is 57.6 Å². The van der Waals surface area contributed by atoms with Crippen molar-refractivity contribution in [3.8, 4) is 5.75 Å². The van der Waals surface area contributed by atoms with Crippen LogP contribution in [0, 0.1) is 34.2 Å². The Kier molecular flexibility index (Phi) is 7.28. The minimum atomic E-state index is -1.37. The normalized spacial score (nSPS) is 27.8. The molecule has 8 nitrogen and oxygen atoms in total. The second-order valence-electron chi connectivity index (χ2n) is 13.2. The van der Waals surface area contributed by atoms with Gasteiger partial charge in [-0.3, -0.25) is 29.5 Å². The van der Waals surface area contributed by atoms with Crippen molar-refractivity contribution in [2.45, 2.75) is 31.1 Å². The molecular weight excluding hydrogens is 717 g/mol. The van der Waals surface area contributed by atoms with Gasteiger partial charge in [0.05, 0.1) is 34.5 Å². The largest absolute Gasteiger partial charge is 0.508 e. The number of hydrogen-bond donors (Lipinski definition) is 2. The van der Waals surface area contributed by atoms with E-state index in [0.717, 1.165) is 19.7 Å². The first kappa shape index (κ1) is 30.6. The summed E-state index contributed by atoms with van der Waals surface area (Å²) in [5.41, 5.74) is 6.11. The number of hydrogen-bond acceptors (Lipinski definition) is 6. The van der Waals surface area contributed by atoms with E-state index in [9.17, 15) is 19.5 Å². The molecule has 6 unspecified atom stereocenters. The quantitative estimate of drug-likeness (QED) is 0.137. The molecule has 2 saturated heterocycles. The first-order chi connectivity index (χ1) is 23.2. The van der Waals surface area contributed by atoms with Crippen LogP contribution in [0.5, 0.6) is 5.75 Å². The van der Waals surface area contributed by atoms with Crippen LogP contribution in [0.1, 0.15) is 35.4 Å². The van der Waals surface area contributed by atoms with Gasteiger partial charge in [0.2, 0.25) is 11.8 Å². The van der Waals surface area contributed by atoms with E-state index in [1.165, 1.54) is 4.90 Å². The molecule has 3 fully saturated rings. The Labute approximate surface area is 291 Å². The Morgan fingerprint density at radius 3 is 2.25 bits per heavy atom. The first-order valence-corrected chi connectivity index (χ1v) is 17.2. The highest BCUT2D eigenvalue weighted by Crippen LogP contribution is 2.64. The number of allylic oxidation sites excluding steroid dienone is 2. The lowest BCUT2D eigenvalue weighted by Gasteiger charge is -2.50. The number of fused-ring (bicyclic) bond motifs is 4. The first-order valence-electron chi connectivity index (χ1n) is 16.1. The van der Waals surface area contributed by atoms with Gasteiger partial charge in [-0.15, -0.1) is 0 Å². The third-order valence-electron chi connectivity index (χ3n) is 10.7. The lowest BCUT2D eigenvalue weighted by atomic mass is 9.49. The second kappa shape index (κ2) is 11.4. The summed E-state index contributed by atoms with van der Waals surface area (Å²) >= 11 is 2.19.